The summed E-state index contributed by atoms with van der Waals surface area (Å²) < 4.78 is 7.67. The molecule has 6 nitrogen and oxygen atoms in total. The van der Waals surface area contributed by atoms with E-state index < -0.39 is 0 Å². The topological polar surface area (TPSA) is 69.6 Å². The molecule has 4 rings (SSSR count). The lowest BCUT2D eigenvalue weighted by atomic mass is 10.1. The fourth-order valence-electron chi connectivity index (χ4n) is 2.92. The minimum absolute atomic E-state index is 0.502. The summed E-state index contributed by atoms with van der Waals surface area (Å²) in [6.45, 7) is 4.20. The van der Waals surface area contributed by atoms with E-state index in [1.165, 1.54) is 0 Å². The highest BCUT2D eigenvalue weighted by Crippen LogP contribution is 2.26. The van der Waals surface area contributed by atoms with E-state index in [4.69, 9.17) is 4.42 Å². The zero-order chi connectivity index (χ0) is 18.6. The lowest BCUT2D eigenvalue weighted by molar-refractivity contribution is 0.584. The van der Waals surface area contributed by atoms with Gasteiger partial charge < -0.3 is 4.42 Å². The first-order valence-electron chi connectivity index (χ1n) is 9.16. The van der Waals surface area contributed by atoms with Crippen LogP contribution in [0.4, 0.5) is 0 Å². The highest BCUT2D eigenvalue weighted by atomic mass is 16.4. The molecule has 6 heteroatoms. The normalized spacial score (nSPS) is 11.0. The number of hydrogen-bond donors (Lipinski definition) is 0. The van der Waals surface area contributed by atoms with Crippen LogP contribution >= 0.6 is 0 Å². The van der Waals surface area contributed by atoms with Gasteiger partial charge in [-0.3, -0.25) is 0 Å². The average molecular weight is 359 g/mol. The summed E-state index contributed by atoms with van der Waals surface area (Å²) in [5, 5.41) is 16.8. The second-order valence-electron chi connectivity index (χ2n) is 6.53. The Balaban J connectivity index is 1.54. The Kier molecular flexibility index (Phi) is 4.78. The molecule has 0 unspecified atom stereocenters. The molecular formula is C21H21N5O. The maximum atomic E-state index is 5.87. The SMILES string of the molecule is CCCCc1cn(-c2ccc(-c3nnc(-c4ccccc4C)o3)cc2)nn1. The molecular weight excluding hydrogens is 338 g/mol. The van der Waals surface area contributed by atoms with Gasteiger partial charge in [0.15, 0.2) is 0 Å². The predicted octanol–water partition coefficient (Wildman–Crippen LogP) is 4.64. The highest BCUT2D eigenvalue weighted by molar-refractivity contribution is 5.61. The molecule has 0 amide bonds. The van der Waals surface area contributed by atoms with Crippen LogP contribution in [-0.4, -0.2) is 25.2 Å². The van der Waals surface area contributed by atoms with E-state index in [0.29, 0.717) is 11.8 Å². The van der Waals surface area contributed by atoms with Gasteiger partial charge in [0.2, 0.25) is 11.8 Å². The van der Waals surface area contributed by atoms with E-state index in [-0.39, 0.29) is 0 Å². The van der Waals surface area contributed by atoms with E-state index in [9.17, 15) is 0 Å². The van der Waals surface area contributed by atoms with E-state index >= 15 is 0 Å². The summed E-state index contributed by atoms with van der Waals surface area (Å²) in [7, 11) is 0. The van der Waals surface area contributed by atoms with Crippen molar-refractivity contribution in [3.05, 3.63) is 66.0 Å². The molecule has 0 bridgehead atoms. The Bertz CT molecular complexity index is 1030. The Labute approximate surface area is 157 Å². The minimum Gasteiger partial charge on any atom is -0.416 e. The van der Waals surface area contributed by atoms with Crippen molar-refractivity contribution in [2.75, 3.05) is 0 Å². The summed E-state index contributed by atoms with van der Waals surface area (Å²) in [5.74, 6) is 1.03. The van der Waals surface area contributed by atoms with Crippen molar-refractivity contribution in [2.24, 2.45) is 0 Å². The fraction of sp³-hybridized carbons (Fsp3) is 0.238. The van der Waals surface area contributed by atoms with Gasteiger partial charge in [-0.25, -0.2) is 4.68 Å². The van der Waals surface area contributed by atoms with Crippen LogP contribution in [0, 0.1) is 6.92 Å². The molecule has 0 saturated heterocycles. The first kappa shape index (κ1) is 17.1. The van der Waals surface area contributed by atoms with Gasteiger partial charge in [0.05, 0.1) is 17.6 Å². The first-order valence-corrected chi connectivity index (χ1v) is 9.16. The summed E-state index contributed by atoms with van der Waals surface area (Å²) in [4.78, 5) is 0. The van der Waals surface area contributed by atoms with Gasteiger partial charge in [0, 0.05) is 11.1 Å². The zero-order valence-corrected chi connectivity index (χ0v) is 15.5. The number of aryl methyl sites for hydroxylation is 2. The highest BCUT2D eigenvalue weighted by Gasteiger charge is 2.12. The van der Waals surface area contributed by atoms with Crippen molar-refractivity contribution in [3.63, 3.8) is 0 Å². The van der Waals surface area contributed by atoms with Crippen molar-refractivity contribution < 1.29 is 4.42 Å². The lowest BCUT2D eigenvalue weighted by Gasteiger charge is -2.01. The standard InChI is InChI=1S/C21H21N5O/c1-3-4-8-17-14-26(25-22-17)18-12-10-16(11-13-18)20-23-24-21(27-20)19-9-6-5-7-15(19)2/h5-7,9-14H,3-4,8H2,1-2H3. The maximum absolute atomic E-state index is 5.87. The number of nitrogens with zero attached hydrogens (tertiary/aromatic N) is 5. The van der Waals surface area contributed by atoms with Gasteiger partial charge in [-0.2, -0.15) is 0 Å². The van der Waals surface area contributed by atoms with E-state index in [1.54, 1.807) is 4.68 Å². The largest absolute Gasteiger partial charge is 0.416 e. The van der Waals surface area contributed by atoms with Gasteiger partial charge in [-0.1, -0.05) is 36.8 Å². The van der Waals surface area contributed by atoms with Crippen LogP contribution in [0.15, 0.2) is 59.1 Å². The molecule has 2 heterocycles. The molecule has 2 aromatic heterocycles. The van der Waals surface area contributed by atoms with Crippen LogP contribution in [0.25, 0.3) is 28.6 Å². The predicted molar refractivity (Wildman–Crippen MR) is 103 cm³/mol. The van der Waals surface area contributed by atoms with E-state index in [1.807, 2.05) is 61.7 Å². The quantitative estimate of drug-likeness (QED) is 0.502. The number of aromatic nitrogens is 5. The zero-order valence-electron chi connectivity index (χ0n) is 15.5. The molecule has 0 aliphatic carbocycles. The lowest BCUT2D eigenvalue weighted by Crippen LogP contribution is -1.94. The minimum atomic E-state index is 0.502. The molecule has 136 valence electrons. The second-order valence-corrected chi connectivity index (χ2v) is 6.53. The summed E-state index contributed by atoms with van der Waals surface area (Å²) in [6.07, 6.45) is 5.21. The molecule has 0 aliphatic heterocycles. The molecule has 27 heavy (non-hydrogen) atoms. The molecule has 0 N–H and O–H groups in total. The van der Waals surface area contributed by atoms with Crippen LogP contribution in [0.3, 0.4) is 0 Å². The van der Waals surface area contributed by atoms with E-state index in [0.717, 1.165) is 47.3 Å². The molecule has 4 aromatic rings. The Morgan fingerprint density at radius 2 is 1.70 bits per heavy atom. The third-order valence-electron chi connectivity index (χ3n) is 4.51. The molecule has 0 fully saturated rings. The van der Waals surface area contributed by atoms with Crippen LogP contribution < -0.4 is 0 Å². The first-order chi connectivity index (χ1) is 13.2. The van der Waals surface area contributed by atoms with Gasteiger partial charge in [0.1, 0.15) is 0 Å². The molecule has 0 spiro atoms. The molecule has 0 aliphatic rings. The van der Waals surface area contributed by atoms with Crippen LogP contribution in [-0.2, 0) is 6.42 Å². The van der Waals surface area contributed by atoms with Crippen LogP contribution in [0.1, 0.15) is 31.0 Å². The van der Waals surface area contributed by atoms with Crippen molar-refractivity contribution in [3.8, 4) is 28.6 Å². The van der Waals surface area contributed by atoms with Gasteiger partial charge in [0.25, 0.3) is 0 Å². The van der Waals surface area contributed by atoms with Gasteiger partial charge >= 0.3 is 0 Å². The summed E-state index contributed by atoms with van der Waals surface area (Å²) >= 11 is 0. The monoisotopic (exact) mass is 359 g/mol. The maximum Gasteiger partial charge on any atom is 0.248 e. The van der Waals surface area contributed by atoms with Gasteiger partial charge in [-0.05, 0) is 55.7 Å². The number of benzene rings is 2. The van der Waals surface area contributed by atoms with Crippen molar-refractivity contribution in [1.82, 2.24) is 25.2 Å². The fourth-order valence-corrected chi connectivity index (χ4v) is 2.92. The Morgan fingerprint density at radius 1 is 0.926 bits per heavy atom. The average Bonchev–Trinajstić information content (AvgIpc) is 3.37. The number of hydrogen-bond acceptors (Lipinski definition) is 5. The third kappa shape index (κ3) is 3.65. The smallest absolute Gasteiger partial charge is 0.248 e. The molecule has 2 aromatic carbocycles. The Morgan fingerprint density at radius 3 is 2.48 bits per heavy atom. The summed E-state index contributed by atoms with van der Waals surface area (Å²) in [5.41, 5.74) is 4.90. The molecule has 0 saturated carbocycles. The van der Waals surface area contributed by atoms with Crippen LogP contribution in [0.2, 0.25) is 0 Å². The summed E-state index contributed by atoms with van der Waals surface area (Å²) in [6, 6.07) is 15.8. The Hall–Kier alpha value is -3.28. The third-order valence-corrected chi connectivity index (χ3v) is 4.51. The number of rotatable bonds is 6. The van der Waals surface area contributed by atoms with Crippen molar-refractivity contribution >= 4 is 0 Å². The van der Waals surface area contributed by atoms with E-state index in [2.05, 4.69) is 27.4 Å². The second kappa shape index (κ2) is 7.53. The number of unbranched alkanes of at least 4 members (excludes halogenated alkanes) is 1. The molecule has 0 radical (unpaired) electrons. The van der Waals surface area contributed by atoms with Crippen molar-refractivity contribution in [2.45, 2.75) is 33.1 Å². The van der Waals surface area contributed by atoms with Gasteiger partial charge in [-0.15, -0.1) is 15.3 Å². The molecule has 0 atom stereocenters. The van der Waals surface area contributed by atoms with Crippen molar-refractivity contribution in [1.29, 1.82) is 0 Å². The van der Waals surface area contributed by atoms with Crippen LogP contribution in [0.5, 0.6) is 0 Å².